The first kappa shape index (κ1) is 14.5. The van der Waals surface area contributed by atoms with E-state index in [1.165, 1.54) is 12.4 Å². The number of nitrogens with zero attached hydrogens (tertiary/aromatic N) is 4. The van der Waals surface area contributed by atoms with E-state index in [1.807, 2.05) is 28.9 Å². The number of allylic oxidation sites excluding steroid dienone is 1. The maximum atomic E-state index is 7.32. The van der Waals surface area contributed by atoms with Crippen LogP contribution in [0.25, 0.3) is 11.2 Å². The lowest BCUT2D eigenvalue weighted by Gasteiger charge is -2.10. The SMILES string of the molecule is N=C/C(=C\N)c1cnc(N)c(NCc2ccc3nccn3c2)n1. The Hall–Kier alpha value is -3.42. The fourth-order valence-corrected chi connectivity index (χ4v) is 2.13. The van der Waals surface area contributed by atoms with Crippen molar-refractivity contribution in [2.75, 3.05) is 11.1 Å². The van der Waals surface area contributed by atoms with Gasteiger partial charge >= 0.3 is 0 Å². The molecule has 0 aliphatic rings. The number of fused-ring (bicyclic) bond motifs is 1. The summed E-state index contributed by atoms with van der Waals surface area (Å²) in [7, 11) is 0. The van der Waals surface area contributed by atoms with Crippen molar-refractivity contribution in [1.29, 1.82) is 5.41 Å². The summed E-state index contributed by atoms with van der Waals surface area (Å²) in [6.45, 7) is 0.530. The molecule has 3 heterocycles. The normalized spacial score (nSPS) is 11.6. The molecule has 0 bridgehead atoms. The van der Waals surface area contributed by atoms with Gasteiger partial charge in [0.25, 0.3) is 0 Å². The Morgan fingerprint density at radius 3 is 3.00 bits per heavy atom. The van der Waals surface area contributed by atoms with E-state index in [0.29, 0.717) is 29.4 Å². The highest BCUT2D eigenvalue weighted by atomic mass is 15.1. The average molecular weight is 308 g/mol. The van der Waals surface area contributed by atoms with Gasteiger partial charge in [-0.1, -0.05) is 6.07 Å². The molecule has 3 aromatic rings. The van der Waals surface area contributed by atoms with Crippen molar-refractivity contribution in [3.05, 3.63) is 54.4 Å². The van der Waals surface area contributed by atoms with Gasteiger partial charge in [-0.05, 0) is 11.6 Å². The minimum atomic E-state index is 0.291. The first-order valence-corrected chi connectivity index (χ1v) is 6.92. The minimum absolute atomic E-state index is 0.291. The van der Waals surface area contributed by atoms with E-state index in [1.54, 1.807) is 6.20 Å². The van der Waals surface area contributed by atoms with Crippen molar-refractivity contribution < 1.29 is 0 Å². The lowest BCUT2D eigenvalue weighted by Crippen LogP contribution is -2.08. The number of rotatable bonds is 5. The topological polar surface area (TPSA) is 131 Å². The first-order valence-electron chi connectivity index (χ1n) is 6.92. The molecule has 116 valence electrons. The number of nitrogens with one attached hydrogen (secondary N) is 2. The molecule has 23 heavy (non-hydrogen) atoms. The summed E-state index contributed by atoms with van der Waals surface area (Å²) in [6, 6.07) is 3.92. The van der Waals surface area contributed by atoms with Crippen molar-refractivity contribution >= 4 is 29.1 Å². The van der Waals surface area contributed by atoms with Crippen LogP contribution >= 0.6 is 0 Å². The van der Waals surface area contributed by atoms with Crippen LogP contribution in [0.5, 0.6) is 0 Å². The second-order valence-corrected chi connectivity index (χ2v) is 4.84. The molecule has 3 rings (SSSR count). The number of nitrogen functional groups attached to an aromatic ring is 1. The third kappa shape index (κ3) is 2.95. The van der Waals surface area contributed by atoms with Gasteiger partial charge < -0.3 is 26.6 Å². The standard InChI is InChI=1S/C15H16N8/c16-5-11(6-17)12-8-20-14(18)15(22-12)21-7-10-1-2-13-19-3-4-23(13)9-10/h1-6,8-9,16H,7,17H2,(H2,18,20)(H,21,22)/b11-6+,16-5?. The van der Waals surface area contributed by atoms with Gasteiger partial charge in [0.05, 0.1) is 11.9 Å². The Morgan fingerprint density at radius 1 is 1.35 bits per heavy atom. The van der Waals surface area contributed by atoms with Crippen LogP contribution in [0, 0.1) is 5.41 Å². The Balaban J connectivity index is 1.81. The molecule has 0 saturated carbocycles. The zero-order chi connectivity index (χ0) is 16.2. The fraction of sp³-hybridized carbons (Fsp3) is 0.0667. The number of hydrogen-bond acceptors (Lipinski definition) is 7. The summed E-state index contributed by atoms with van der Waals surface area (Å²) in [4.78, 5) is 12.7. The Bertz CT molecular complexity index is 880. The van der Waals surface area contributed by atoms with E-state index in [4.69, 9.17) is 16.9 Å². The molecule has 0 aliphatic carbocycles. The van der Waals surface area contributed by atoms with Crippen molar-refractivity contribution in [2.45, 2.75) is 6.54 Å². The zero-order valence-corrected chi connectivity index (χ0v) is 12.3. The quantitative estimate of drug-likeness (QED) is 0.525. The lowest BCUT2D eigenvalue weighted by atomic mass is 10.2. The van der Waals surface area contributed by atoms with E-state index >= 15 is 0 Å². The molecule has 8 heteroatoms. The van der Waals surface area contributed by atoms with Crippen LogP contribution in [0.2, 0.25) is 0 Å². The molecule has 0 atom stereocenters. The summed E-state index contributed by atoms with van der Waals surface area (Å²) in [5.74, 6) is 0.744. The fourth-order valence-electron chi connectivity index (χ4n) is 2.13. The maximum Gasteiger partial charge on any atom is 0.169 e. The average Bonchev–Trinajstić information content (AvgIpc) is 3.03. The molecule has 0 spiro atoms. The molecule has 0 radical (unpaired) electrons. The number of hydrogen-bond donors (Lipinski definition) is 4. The largest absolute Gasteiger partial charge is 0.404 e. The zero-order valence-electron chi connectivity index (χ0n) is 12.3. The summed E-state index contributed by atoms with van der Waals surface area (Å²) in [5, 5.41) is 10.5. The van der Waals surface area contributed by atoms with Crippen LogP contribution < -0.4 is 16.8 Å². The second-order valence-electron chi connectivity index (χ2n) is 4.84. The molecule has 0 fully saturated rings. The van der Waals surface area contributed by atoms with Crippen LogP contribution in [0.3, 0.4) is 0 Å². The van der Waals surface area contributed by atoms with E-state index in [9.17, 15) is 0 Å². The first-order chi connectivity index (χ1) is 11.2. The second kappa shape index (κ2) is 6.14. The highest BCUT2D eigenvalue weighted by Crippen LogP contribution is 2.17. The molecule has 6 N–H and O–H groups in total. The number of aromatic nitrogens is 4. The van der Waals surface area contributed by atoms with Crippen molar-refractivity contribution in [3.63, 3.8) is 0 Å². The molecule has 3 aromatic heterocycles. The smallest absolute Gasteiger partial charge is 0.169 e. The summed E-state index contributed by atoms with van der Waals surface area (Å²) < 4.78 is 1.94. The molecule has 0 amide bonds. The van der Waals surface area contributed by atoms with Crippen molar-refractivity contribution in [1.82, 2.24) is 19.4 Å². The molecular weight excluding hydrogens is 292 g/mol. The monoisotopic (exact) mass is 308 g/mol. The van der Waals surface area contributed by atoms with Gasteiger partial charge in [0.2, 0.25) is 0 Å². The molecule has 0 aliphatic heterocycles. The van der Waals surface area contributed by atoms with Crippen LogP contribution in [-0.4, -0.2) is 25.6 Å². The summed E-state index contributed by atoms with van der Waals surface area (Å²) in [6.07, 6.45) is 9.53. The molecule has 0 saturated heterocycles. The van der Waals surface area contributed by atoms with E-state index in [0.717, 1.165) is 17.4 Å². The number of anilines is 2. The van der Waals surface area contributed by atoms with E-state index in [2.05, 4.69) is 20.3 Å². The number of nitrogens with two attached hydrogens (primary N) is 2. The Labute approximate surface area is 132 Å². The van der Waals surface area contributed by atoms with Crippen LogP contribution in [0.1, 0.15) is 11.3 Å². The molecular formula is C15H16N8. The van der Waals surface area contributed by atoms with Crippen LogP contribution in [0.15, 0.2) is 43.1 Å². The van der Waals surface area contributed by atoms with Gasteiger partial charge in [-0.15, -0.1) is 0 Å². The van der Waals surface area contributed by atoms with Gasteiger partial charge in [0.1, 0.15) is 5.65 Å². The highest BCUT2D eigenvalue weighted by Gasteiger charge is 2.07. The molecule has 0 aromatic carbocycles. The molecule has 8 nitrogen and oxygen atoms in total. The maximum absolute atomic E-state index is 7.32. The van der Waals surface area contributed by atoms with Gasteiger partial charge in [-0.3, -0.25) is 0 Å². The van der Waals surface area contributed by atoms with Gasteiger partial charge in [0, 0.05) is 43.1 Å². The van der Waals surface area contributed by atoms with E-state index < -0.39 is 0 Å². The predicted molar refractivity (Wildman–Crippen MR) is 89.9 cm³/mol. The van der Waals surface area contributed by atoms with Gasteiger partial charge in [-0.2, -0.15) is 0 Å². The Kier molecular flexibility index (Phi) is 3.88. The summed E-state index contributed by atoms with van der Waals surface area (Å²) >= 11 is 0. The molecule has 0 unspecified atom stereocenters. The third-order valence-electron chi connectivity index (χ3n) is 3.34. The summed E-state index contributed by atoms with van der Waals surface area (Å²) in [5.41, 5.74) is 14.2. The highest BCUT2D eigenvalue weighted by molar-refractivity contribution is 6.07. The third-order valence-corrected chi connectivity index (χ3v) is 3.34. The van der Waals surface area contributed by atoms with Crippen LogP contribution in [-0.2, 0) is 6.54 Å². The van der Waals surface area contributed by atoms with Crippen molar-refractivity contribution in [3.8, 4) is 0 Å². The predicted octanol–water partition coefficient (Wildman–Crippen LogP) is 1.27. The van der Waals surface area contributed by atoms with Gasteiger partial charge in [-0.25, -0.2) is 15.0 Å². The van der Waals surface area contributed by atoms with Gasteiger partial charge in [0.15, 0.2) is 11.6 Å². The number of imidazole rings is 1. The lowest BCUT2D eigenvalue weighted by molar-refractivity contribution is 1.05. The Morgan fingerprint density at radius 2 is 2.22 bits per heavy atom. The van der Waals surface area contributed by atoms with Crippen LogP contribution in [0.4, 0.5) is 11.6 Å². The number of pyridine rings is 1. The van der Waals surface area contributed by atoms with E-state index in [-0.39, 0.29) is 0 Å². The van der Waals surface area contributed by atoms with Crippen molar-refractivity contribution in [2.24, 2.45) is 5.73 Å². The minimum Gasteiger partial charge on any atom is -0.404 e.